The number of benzene rings is 2. The van der Waals surface area contributed by atoms with Gasteiger partial charge in [-0.1, -0.05) is 23.7 Å². The fourth-order valence-electron chi connectivity index (χ4n) is 2.31. The first-order valence-corrected chi connectivity index (χ1v) is 8.49. The van der Waals surface area contributed by atoms with E-state index in [-0.39, 0.29) is 5.57 Å². The van der Waals surface area contributed by atoms with E-state index in [4.69, 9.17) is 31.6 Å². The van der Waals surface area contributed by atoms with Gasteiger partial charge in [0.25, 0.3) is 0 Å². The van der Waals surface area contributed by atoms with E-state index in [0.717, 1.165) is 11.1 Å². The molecule has 5 nitrogen and oxygen atoms in total. The van der Waals surface area contributed by atoms with Gasteiger partial charge < -0.3 is 9.47 Å². The van der Waals surface area contributed by atoms with Crippen LogP contribution in [0.25, 0.3) is 6.08 Å². The summed E-state index contributed by atoms with van der Waals surface area (Å²) in [6.45, 7) is 5.33. The summed E-state index contributed by atoms with van der Waals surface area (Å²) in [5.74, 6) is 0.338. The fourth-order valence-corrected chi connectivity index (χ4v) is 2.42. The van der Waals surface area contributed by atoms with Crippen LogP contribution >= 0.6 is 11.6 Å². The van der Waals surface area contributed by atoms with Gasteiger partial charge in [0.2, 0.25) is 0 Å². The van der Waals surface area contributed by atoms with Gasteiger partial charge in [-0.25, -0.2) is 4.79 Å². The number of hydrogen-bond acceptors (Lipinski definition) is 5. The number of nitriles is 2. The predicted molar refractivity (Wildman–Crippen MR) is 102 cm³/mol. The molecular weight excluding hydrogens is 364 g/mol. The van der Waals surface area contributed by atoms with E-state index in [1.807, 2.05) is 13.8 Å². The minimum absolute atomic E-state index is 0.00433. The number of halogens is 1. The molecule has 136 valence electrons. The van der Waals surface area contributed by atoms with Gasteiger partial charge in [-0.2, -0.15) is 10.5 Å². The standard InChI is InChI=1S/C21H17ClN2O3/c1-13-8-19(9-14(2)20(13)22)26-15(3)21(25)27-18-6-4-16(5-7-18)10-17(11-23)12-24/h4-10,15H,1-3H3. The molecule has 0 N–H and O–H groups in total. The van der Waals surface area contributed by atoms with Crippen molar-refractivity contribution >= 4 is 23.6 Å². The van der Waals surface area contributed by atoms with Crippen LogP contribution in [0.2, 0.25) is 5.02 Å². The molecule has 1 atom stereocenters. The molecule has 0 saturated carbocycles. The molecule has 27 heavy (non-hydrogen) atoms. The van der Waals surface area contributed by atoms with Crippen molar-refractivity contribution in [2.24, 2.45) is 0 Å². The van der Waals surface area contributed by atoms with Crippen LogP contribution in [0.3, 0.4) is 0 Å². The van der Waals surface area contributed by atoms with Crippen LogP contribution in [0, 0.1) is 36.5 Å². The van der Waals surface area contributed by atoms with Crippen molar-refractivity contribution in [2.75, 3.05) is 0 Å². The first-order valence-electron chi connectivity index (χ1n) is 8.11. The van der Waals surface area contributed by atoms with Crippen molar-refractivity contribution in [2.45, 2.75) is 26.9 Å². The van der Waals surface area contributed by atoms with E-state index in [9.17, 15) is 4.79 Å². The van der Waals surface area contributed by atoms with Gasteiger partial charge in [0.15, 0.2) is 6.10 Å². The average molecular weight is 381 g/mol. The molecule has 0 aliphatic carbocycles. The Labute approximate surface area is 163 Å². The number of rotatable bonds is 5. The molecular formula is C21H17ClN2O3. The zero-order chi connectivity index (χ0) is 20.0. The quantitative estimate of drug-likeness (QED) is 0.424. The van der Waals surface area contributed by atoms with Crippen molar-refractivity contribution < 1.29 is 14.3 Å². The molecule has 0 fully saturated rings. The second-order valence-electron chi connectivity index (χ2n) is 5.90. The summed E-state index contributed by atoms with van der Waals surface area (Å²) in [6, 6.07) is 13.6. The first-order chi connectivity index (χ1) is 12.8. The van der Waals surface area contributed by atoms with Crippen LogP contribution in [0.15, 0.2) is 42.0 Å². The van der Waals surface area contributed by atoms with Gasteiger partial charge in [0, 0.05) is 5.02 Å². The highest BCUT2D eigenvalue weighted by Gasteiger charge is 2.18. The minimum atomic E-state index is -0.812. The normalized spacial score (nSPS) is 10.9. The molecule has 0 amide bonds. The monoisotopic (exact) mass is 380 g/mol. The molecule has 0 heterocycles. The van der Waals surface area contributed by atoms with Gasteiger partial charge in [0.05, 0.1) is 0 Å². The fraction of sp³-hybridized carbons (Fsp3) is 0.190. The smallest absolute Gasteiger partial charge is 0.352 e. The Morgan fingerprint density at radius 2 is 1.63 bits per heavy atom. The SMILES string of the molecule is Cc1cc(OC(C)C(=O)Oc2ccc(C=C(C#N)C#N)cc2)cc(C)c1Cl. The van der Waals surface area contributed by atoms with Crippen molar-refractivity contribution in [3.05, 3.63) is 63.7 Å². The van der Waals surface area contributed by atoms with Gasteiger partial charge in [0.1, 0.15) is 29.2 Å². The summed E-state index contributed by atoms with van der Waals surface area (Å²) in [5.41, 5.74) is 2.38. The Morgan fingerprint density at radius 1 is 1.07 bits per heavy atom. The van der Waals surface area contributed by atoms with Crippen LogP contribution in [0.5, 0.6) is 11.5 Å². The average Bonchev–Trinajstić information content (AvgIpc) is 2.65. The Bertz CT molecular complexity index is 927. The Balaban J connectivity index is 2.03. The van der Waals surface area contributed by atoms with Crippen LogP contribution in [0.1, 0.15) is 23.6 Å². The summed E-state index contributed by atoms with van der Waals surface area (Å²) in [4.78, 5) is 12.2. The summed E-state index contributed by atoms with van der Waals surface area (Å²) in [5, 5.41) is 18.2. The first kappa shape index (κ1) is 20.0. The van der Waals surface area contributed by atoms with Gasteiger partial charge in [-0.05, 0) is 67.8 Å². The van der Waals surface area contributed by atoms with Crippen molar-refractivity contribution in [1.29, 1.82) is 10.5 Å². The van der Waals surface area contributed by atoms with Gasteiger partial charge >= 0.3 is 5.97 Å². The van der Waals surface area contributed by atoms with Crippen LogP contribution in [0.4, 0.5) is 0 Å². The number of ether oxygens (including phenoxy) is 2. The molecule has 0 saturated heterocycles. The maximum absolute atomic E-state index is 12.2. The highest BCUT2D eigenvalue weighted by molar-refractivity contribution is 6.32. The lowest BCUT2D eigenvalue weighted by atomic mass is 10.1. The molecule has 6 heteroatoms. The predicted octanol–water partition coefficient (Wildman–Crippen LogP) is 4.76. The van der Waals surface area contributed by atoms with Gasteiger partial charge in [-0.3, -0.25) is 0 Å². The molecule has 0 aliphatic rings. The summed E-state index contributed by atoms with van der Waals surface area (Å²) in [6.07, 6.45) is 0.635. The van der Waals surface area contributed by atoms with E-state index < -0.39 is 12.1 Å². The van der Waals surface area contributed by atoms with Crippen molar-refractivity contribution in [3.8, 4) is 23.6 Å². The van der Waals surface area contributed by atoms with E-state index in [0.29, 0.717) is 22.1 Å². The maximum atomic E-state index is 12.2. The number of hydrogen-bond donors (Lipinski definition) is 0. The number of nitrogens with zero attached hydrogens (tertiary/aromatic N) is 2. The third-order valence-corrected chi connectivity index (χ3v) is 4.30. The summed E-state index contributed by atoms with van der Waals surface area (Å²) < 4.78 is 11.0. The van der Waals surface area contributed by atoms with Crippen LogP contribution < -0.4 is 9.47 Å². The van der Waals surface area contributed by atoms with Crippen molar-refractivity contribution in [1.82, 2.24) is 0 Å². The number of aryl methyl sites for hydroxylation is 2. The molecule has 0 spiro atoms. The number of carbonyl (C=O) groups excluding carboxylic acids is 1. The highest BCUT2D eigenvalue weighted by atomic mass is 35.5. The maximum Gasteiger partial charge on any atom is 0.352 e. The number of esters is 1. The Morgan fingerprint density at radius 3 is 2.15 bits per heavy atom. The van der Waals surface area contributed by atoms with Crippen LogP contribution in [-0.2, 0) is 4.79 Å². The highest BCUT2D eigenvalue weighted by Crippen LogP contribution is 2.26. The molecule has 2 aromatic rings. The molecule has 1 unspecified atom stereocenters. The molecule has 2 aromatic carbocycles. The van der Waals surface area contributed by atoms with Gasteiger partial charge in [-0.15, -0.1) is 0 Å². The summed E-state index contributed by atoms with van der Waals surface area (Å²) in [7, 11) is 0. The zero-order valence-corrected chi connectivity index (χ0v) is 15.9. The lowest BCUT2D eigenvalue weighted by Crippen LogP contribution is -2.28. The zero-order valence-electron chi connectivity index (χ0n) is 15.1. The molecule has 0 radical (unpaired) electrons. The van der Waals surface area contributed by atoms with E-state index in [2.05, 4.69) is 0 Å². The Kier molecular flexibility index (Phi) is 6.60. The summed E-state index contributed by atoms with van der Waals surface area (Å²) >= 11 is 6.13. The lowest BCUT2D eigenvalue weighted by molar-refractivity contribution is -0.141. The minimum Gasteiger partial charge on any atom is -0.479 e. The molecule has 0 aromatic heterocycles. The van der Waals surface area contributed by atoms with E-state index >= 15 is 0 Å². The Hall–Kier alpha value is -3.28. The second kappa shape index (κ2) is 8.89. The molecule has 0 bridgehead atoms. The lowest BCUT2D eigenvalue weighted by Gasteiger charge is -2.15. The topological polar surface area (TPSA) is 83.1 Å². The van der Waals surface area contributed by atoms with Crippen molar-refractivity contribution in [3.63, 3.8) is 0 Å². The third kappa shape index (κ3) is 5.34. The van der Waals surface area contributed by atoms with Crippen LogP contribution in [-0.4, -0.2) is 12.1 Å². The number of carbonyl (C=O) groups is 1. The number of allylic oxidation sites excluding steroid dienone is 1. The third-order valence-electron chi connectivity index (χ3n) is 3.71. The molecule has 0 aliphatic heterocycles. The van der Waals surface area contributed by atoms with E-state index in [1.165, 1.54) is 6.08 Å². The molecule has 2 rings (SSSR count). The second-order valence-corrected chi connectivity index (χ2v) is 6.28. The largest absolute Gasteiger partial charge is 0.479 e. The van der Waals surface area contributed by atoms with E-state index in [1.54, 1.807) is 55.5 Å².